The molecule has 156 valence electrons. The van der Waals surface area contributed by atoms with E-state index in [1.807, 2.05) is 54.1 Å². The second kappa shape index (κ2) is 9.60. The molecule has 3 rings (SSSR count). The van der Waals surface area contributed by atoms with Crippen LogP contribution in [0.25, 0.3) is 0 Å². The lowest BCUT2D eigenvalue weighted by atomic mass is 10.1. The highest BCUT2D eigenvalue weighted by molar-refractivity contribution is 5.78. The van der Waals surface area contributed by atoms with E-state index in [0.717, 1.165) is 48.9 Å². The van der Waals surface area contributed by atoms with Crippen LogP contribution in [0.2, 0.25) is 0 Å². The highest BCUT2D eigenvalue weighted by Gasteiger charge is 2.22. The zero-order valence-electron chi connectivity index (χ0n) is 17.7. The largest absolute Gasteiger partial charge is 0.493 e. The van der Waals surface area contributed by atoms with E-state index in [2.05, 4.69) is 9.88 Å². The maximum Gasteiger partial charge on any atom is 0.236 e. The van der Waals surface area contributed by atoms with Crippen molar-refractivity contribution >= 4 is 11.7 Å². The Morgan fingerprint density at radius 1 is 1.10 bits per heavy atom. The molecule has 29 heavy (non-hydrogen) atoms. The number of aromatic nitrogens is 1. The summed E-state index contributed by atoms with van der Waals surface area (Å²) >= 11 is 0. The number of amides is 1. The molecule has 1 aliphatic heterocycles. The first-order chi connectivity index (χ1) is 14.0. The lowest BCUT2D eigenvalue weighted by molar-refractivity contribution is -0.132. The van der Waals surface area contributed by atoms with E-state index in [1.54, 1.807) is 20.4 Å². The van der Waals surface area contributed by atoms with Gasteiger partial charge in [0.25, 0.3) is 0 Å². The maximum atomic E-state index is 12.8. The van der Waals surface area contributed by atoms with Gasteiger partial charge in [-0.15, -0.1) is 0 Å². The van der Waals surface area contributed by atoms with Crippen LogP contribution in [-0.4, -0.2) is 74.7 Å². The number of rotatable bonds is 7. The summed E-state index contributed by atoms with van der Waals surface area (Å²) in [6.07, 6.45) is 1.80. The van der Waals surface area contributed by atoms with Gasteiger partial charge in [-0.2, -0.15) is 0 Å². The quantitative estimate of drug-likeness (QED) is 0.713. The van der Waals surface area contributed by atoms with Gasteiger partial charge in [0.15, 0.2) is 11.5 Å². The molecule has 1 fully saturated rings. The molecule has 0 aliphatic carbocycles. The topological polar surface area (TPSA) is 58.1 Å². The molecule has 0 spiro atoms. The van der Waals surface area contributed by atoms with E-state index in [-0.39, 0.29) is 5.91 Å². The summed E-state index contributed by atoms with van der Waals surface area (Å²) in [5, 5.41) is 0. The summed E-state index contributed by atoms with van der Waals surface area (Å²) in [6.45, 7) is 6.16. The Bertz CT molecular complexity index is 820. The first-order valence-electron chi connectivity index (χ1n) is 9.85. The Hall–Kier alpha value is -2.80. The highest BCUT2D eigenvalue weighted by atomic mass is 16.5. The molecular weight excluding hydrogens is 368 g/mol. The van der Waals surface area contributed by atoms with Crippen LogP contribution >= 0.6 is 0 Å². The predicted octanol–water partition coefficient (Wildman–Crippen LogP) is 2.19. The van der Waals surface area contributed by atoms with Gasteiger partial charge in [-0.25, -0.2) is 4.98 Å². The predicted molar refractivity (Wildman–Crippen MR) is 114 cm³/mol. The summed E-state index contributed by atoms with van der Waals surface area (Å²) in [6, 6.07) is 9.88. The van der Waals surface area contributed by atoms with Crippen molar-refractivity contribution in [2.24, 2.45) is 0 Å². The molecule has 1 aliphatic rings. The van der Waals surface area contributed by atoms with Crippen LogP contribution in [0, 0.1) is 6.92 Å². The molecule has 0 saturated carbocycles. The number of piperazine rings is 1. The second-order valence-corrected chi connectivity index (χ2v) is 7.36. The summed E-state index contributed by atoms with van der Waals surface area (Å²) in [4.78, 5) is 23.4. The Labute approximate surface area is 172 Å². The van der Waals surface area contributed by atoms with Gasteiger partial charge in [-0.3, -0.25) is 9.69 Å². The standard InChI is InChI=1S/C22H30N4O3/c1-17-13-19(28-3)20(29-4)14-18(17)15-24(2)16-22(27)26-11-9-25(10-12-26)21-7-5-6-8-23-21/h5-8,13-14H,9-12,15-16H2,1-4H3. The number of hydrogen-bond donors (Lipinski definition) is 0. The van der Waals surface area contributed by atoms with Crippen LogP contribution in [0.5, 0.6) is 11.5 Å². The molecule has 0 N–H and O–H groups in total. The fourth-order valence-electron chi connectivity index (χ4n) is 3.60. The van der Waals surface area contributed by atoms with Crippen LogP contribution in [0.1, 0.15) is 11.1 Å². The number of carbonyl (C=O) groups is 1. The van der Waals surface area contributed by atoms with Crippen LogP contribution < -0.4 is 14.4 Å². The zero-order valence-corrected chi connectivity index (χ0v) is 17.7. The molecule has 1 aromatic carbocycles. The average Bonchev–Trinajstić information content (AvgIpc) is 2.75. The minimum atomic E-state index is 0.159. The van der Waals surface area contributed by atoms with Gasteiger partial charge in [0.05, 0.1) is 20.8 Å². The number of aryl methyl sites for hydroxylation is 1. The number of ether oxygens (including phenoxy) is 2. The van der Waals surface area contributed by atoms with Crippen LogP contribution in [0.15, 0.2) is 36.5 Å². The molecule has 2 aromatic rings. The summed E-state index contributed by atoms with van der Waals surface area (Å²) < 4.78 is 10.8. The molecule has 1 amide bonds. The van der Waals surface area contributed by atoms with Crippen molar-refractivity contribution in [2.75, 3.05) is 58.9 Å². The number of anilines is 1. The minimum absolute atomic E-state index is 0.159. The number of pyridine rings is 1. The van der Waals surface area contributed by atoms with E-state index >= 15 is 0 Å². The first-order valence-corrected chi connectivity index (χ1v) is 9.85. The van der Waals surface area contributed by atoms with Gasteiger partial charge < -0.3 is 19.3 Å². The molecule has 0 bridgehead atoms. The van der Waals surface area contributed by atoms with Crippen molar-refractivity contribution in [1.29, 1.82) is 0 Å². The number of benzene rings is 1. The van der Waals surface area contributed by atoms with Crippen molar-refractivity contribution in [3.8, 4) is 11.5 Å². The third kappa shape index (κ3) is 5.17. The average molecular weight is 399 g/mol. The van der Waals surface area contributed by atoms with Crippen LogP contribution in [0.3, 0.4) is 0 Å². The third-order valence-electron chi connectivity index (χ3n) is 5.29. The number of methoxy groups -OCH3 is 2. The molecule has 7 nitrogen and oxygen atoms in total. The minimum Gasteiger partial charge on any atom is -0.493 e. The summed E-state index contributed by atoms with van der Waals surface area (Å²) in [5.41, 5.74) is 2.24. The molecule has 7 heteroatoms. The first kappa shape index (κ1) is 20.9. The third-order valence-corrected chi connectivity index (χ3v) is 5.29. The van der Waals surface area contributed by atoms with E-state index in [9.17, 15) is 4.79 Å². The fraction of sp³-hybridized carbons (Fsp3) is 0.455. The normalized spacial score (nSPS) is 14.2. The molecule has 1 saturated heterocycles. The molecule has 1 aromatic heterocycles. The van der Waals surface area contributed by atoms with Gasteiger partial charge in [0.1, 0.15) is 5.82 Å². The highest BCUT2D eigenvalue weighted by Crippen LogP contribution is 2.30. The van der Waals surface area contributed by atoms with Gasteiger partial charge in [-0.05, 0) is 49.4 Å². The lowest BCUT2D eigenvalue weighted by Crippen LogP contribution is -2.51. The van der Waals surface area contributed by atoms with E-state index in [0.29, 0.717) is 18.8 Å². The Balaban J connectivity index is 1.54. The van der Waals surface area contributed by atoms with Crippen molar-refractivity contribution in [2.45, 2.75) is 13.5 Å². The Morgan fingerprint density at radius 2 is 1.79 bits per heavy atom. The molecule has 0 atom stereocenters. The second-order valence-electron chi connectivity index (χ2n) is 7.36. The summed E-state index contributed by atoms with van der Waals surface area (Å²) in [5.74, 6) is 2.56. The molecule has 0 unspecified atom stereocenters. The number of nitrogens with zero attached hydrogens (tertiary/aromatic N) is 4. The smallest absolute Gasteiger partial charge is 0.236 e. The maximum absolute atomic E-state index is 12.8. The molecule has 0 radical (unpaired) electrons. The Morgan fingerprint density at radius 3 is 2.41 bits per heavy atom. The Kier molecular flexibility index (Phi) is 6.93. The summed E-state index contributed by atoms with van der Waals surface area (Å²) in [7, 11) is 5.24. The molecule has 2 heterocycles. The van der Waals surface area contributed by atoms with Gasteiger partial charge in [-0.1, -0.05) is 6.07 Å². The van der Waals surface area contributed by atoms with Gasteiger partial charge in [0, 0.05) is 38.9 Å². The van der Waals surface area contributed by atoms with Crippen LogP contribution in [-0.2, 0) is 11.3 Å². The monoisotopic (exact) mass is 398 g/mol. The number of hydrogen-bond acceptors (Lipinski definition) is 6. The van der Waals surface area contributed by atoms with E-state index in [4.69, 9.17) is 9.47 Å². The van der Waals surface area contributed by atoms with Crippen LogP contribution in [0.4, 0.5) is 5.82 Å². The van der Waals surface area contributed by atoms with Crippen molar-refractivity contribution in [3.63, 3.8) is 0 Å². The van der Waals surface area contributed by atoms with Gasteiger partial charge in [0.2, 0.25) is 5.91 Å². The zero-order chi connectivity index (χ0) is 20.8. The van der Waals surface area contributed by atoms with Crippen molar-refractivity contribution < 1.29 is 14.3 Å². The van der Waals surface area contributed by atoms with Gasteiger partial charge >= 0.3 is 0 Å². The number of carbonyl (C=O) groups excluding carboxylic acids is 1. The molecular formula is C22H30N4O3. The van der Waals surface area contributed by atoms with Crippen molar-refractivity contribution in [3.05, 3.63) is 47.7 Å². The number of likely N-dealkylation sites (N-methyl/N-ethyl adjacent to an activating group) is 1. The fourth-order valence-corrected chi connectivity index (χ4v) is 3.60. The van der Waals surface area contributed by atoms with E-state index < -0.39 is 0 Å². The van der Waals surface area contributed by atoms with E-state index in [1.165, 1.54) is 0 Å². The SMILES string of the molecule is COc1cc(C)c(CN(C)CC(=O)N2CCN(c3ccccn3)CC2)cc1OC. The van der Waals surface area contributed by atoms with Crippen molar-refractivity contribution in [1.82, 2.24) is 14.8 Å². The lowest BCUT2D eigenvalue weighted by Gasteiger charge is -2.36.